The molecule has 0 aromatic rings. The molecule has 4 nitrogen and oxygen atoms in total. The number of hydrogen-bond acceptors (Lipinski definition) is 4. The zero-order valence-electron chi connectivity index (χ0n) is 26.2. The van der Waals surface area contributed by atoms with Gasteiger partial charge in [0.25, 0.3) is 0 Å². The minimum absolute atomic E-state index is 0.0716. The van der Waals surface area contributed by atoms with Gasteiger partial charge in [-0.25, -0.2) is 0 Å². The van der Waals surface area contributed by atoms with Crippen molar-refractivity contribution in [3.63, 3.8) is 0 Å². The van der Waals surface area contributed by atoms with E-state index in [0.717, 1.165) is 12.3 Å². The summed E-state index contributed by atoms with van der Waals surface area (Å²) in [5.74, 6) is 1.54. The molecular formula is C34H56O4. The van der Waals surface area contributed by atoms with E-state index >= 15 is 0 Å². The first-order chi connectivity index (χ1) is 17.4. The molecule has 5 fully saturated rings. The van der Waals surface area contributed by atoms with Gasteiger partial charge in [-0.3, -0.25) is 9.59 Å². The maximum Gasteiger partial charge on any atom is 0.303 e. The molecule has 0 unspecified atom stereocenters. The highest BCUT2D eigenvalue weighted by molar-refractivity contribution is 5.67. The molecule has 0 amide bonds. The number of rotatable bonds is 2. The summed E-state index contributed by atoms with van der Waals surface area (Å²) in [5.41, 5.74) is 1.89. The Hall–Kier alpha value is -1.06. The molecule has 5 aliphatic carbocycles. The Balaban J connectivity index is 1.52. The first kappa shape index (κ1) is 28.5. The maximum atomic E-state index is 12.2. The molecule has 0 bridgehead atoms. The van der Waals surface area contributed by atoms with E-state index in [1.165, 1.54) is 71.6 Å². The van der Waals surface area contributed by atoms with Crippen LogP contribution in [-0.4, -0.2) is 24.1 Å². The molecule has 0 heterocycles. The molecular weight excluding hydrogens is 472 g/mol. The van der Waals surface area contributed by atoms with Crippen LogP contribution in [0, 0.1) is 56.2 Å². The highest BCUT2D eigenvalue weighted by Crippen LogP contribution is 2.78. The summed E-state index contributed by atoms with van der Waals surface area (Å²) in [6.45, 7) is 23.3. The van der Waals surface area contributed by atoms with Crippen LogP contribution in [0.15, 0.2) is 0 Å². The van der Waals surface area contributed by atoms with E-state index in [1.807, 2.05) is 0 Å². The van der Waals surface area contributed by atoms with Crippen molar-refractivity contribution in [1.29, 1.82) is 0 Å². The van der Waals surface area contributed by atoms with E-state index in [0.29, 0.717) is 33.5 Å². The van der Waals surface area contributed by atoms with Gasteiger partial charge in [0.05, 0.1) is 0 Å². The first-order valence-electron chi connectivity index (χ1n) is 15.8. The fourth-order valence-corrected chi connectivity index (χ4v) is 12.0. The van der Waals surface area contributed by atoms with Crippen molar-refractivity contribution in [1.82, 2.24) is 0 Å². The lowest BCUT2D eigenvalue weighted by Gasteiger charge is -2.75. The minimum atomic E-state index is -0.359. The molecule has 0 aromatic heterocycles. The highest BCUT2D eigenvalue weighted by Gasteiger charge is 2.71. The van der Waals surface area contributed by atoms with Crippen LogP contribution in [0.2, 0.25) is 0 Å². The number of fused-ring (bicyclic) bond motifs is 7. The summed E-state index contributed by atoms with van der Waals surface area (Å²) in [4.78, 5) is 24.3. The molecule has 0 aromatic carbocycles. The molecule has 0 spiro atoms. The summed E-state index contributed by atoms with van der Waals surface area (Å²) in [7, 11) is 0. The predicted octanol–water partition coefficient (Wildman–Crippen LogP) is 8.36. The van der Waals surface area contributed by atoms with Crippen LogP contribution >= 0.6 is 0 Å². The van der Waals surface area contributed by atoms with Gasteiger partial charge in [-0.15, -0.1) is 0 Å². The number of esters is 2. The van der Waals surface area contributed by atoms with Gasteiger partial charge in [-0.2, -0.15) is 0 Å². The van der Waals surface area contributed by atoms with Crippen LogP contribution < -0.4 is 0 Å². The third-order valence-corrected chi connectivity index (χ3v) is 14.6. The van der Waals surface area contributed by atoms with Crippen LogP contribution in [0.1, 0.15) is 133 Å². The molecule has 5 rings (SSSR count). The zero-order chi connectivity index (χ0) is 28.1. The standard InChI is InChI=1S/C34H56O4/c1-21-28(38-23(3)36)24(37-22(2)35)19-26-31(21,7)12-11-25-32(26,8)16-18-34(10)27-20-29(4,5)13-14-30(27,6)15-17-33(25,34)9/h21,24-28H,11-20H2,1-10H3/t21-,24+,25-,26+,27+,28+,30+,31+,32+,33+,34-/m0/s1. The Morgan fingerprint density at radius 1 is 0.658 bits per heavy atom. The van der Waals surface area contributed by atoms with Gasteiger partial charge in [0.15, 0.2) is 0 Å². The Labute approximate surface area is 232 Å². The molecule has 38 heavy (non-hydrogen) atoms. The monoisotopic (exact) mass is 528 g/mol. The lowest BCUT2D eigenvalue weighted by molar-refractivity contribution is -0.273. The van der Waals surface area contributed by atoms with Crippen molar-refractivity contribution in [2.75, 3.05) is 0 Å². The maximum absolute atomic E-state index is 12.2. The van der Waals surface area contributed by atoms with Crippen molar-refractivity contribution in [2.45, 2.75) is 146 Å². The topological polar surface area (TPSA) is 52.6 Å². The van der Waals surface area contributed by atoms with Crippen LogP contribution in [0.25, 0.3) is 0 Å². The van der Waals surface area contributed by atoms with Crippen LogP contribution in [-0.2, 0) is 19.1 Å². The molecule has 0 aliphatic heterocycles. The van der Waals surface area contributed by atoms with Gasteiger partial charge in [0, 0.05) is 19.8 Å². The molecule has 5 saturated carbocycles. The second kappa shape index (κ2) is 8.72. The van der Waals surface area contributed by atoms with Crippen molar-refractivity contribution in [3.8, 4) is 0 Å². The molecule has 0 N–H and O–H groups in total. The molecule has 4 heteroatoms. The second-order valence-electron chi connectivity index (χ2n) is 16.8. The number of hydrogen-bond donors (Lipinski definition) is 0. The van der Waals surface area contributed by atoms with E-state index < -0.39 is 0 Å². The van der Waals surface area contributed by atoms with Crippen LogP contribution in [0.3, 0.4) is 0 Å². The Bertz CT molecular complexity index is 987. The van der Waals surface area contributed by atoms with Gasteiger partial charge in [-0.05, 0) is 114 Å². The van der Waals surface area contributed by atoms with E-state index in [1.54, 1.807) is 0 Å². The van der Waals surface area contributed by atoms with E-state index in [2.05, 4.69) is 55.4 Å². The zero-order valence-corrected chi connectivity index (χ0v) is 26.2. The Kier molecular flexibility index (Phi) is 6.53. The summed E-state index contributed by atoms with van der Waals surface area (Å²) >= 11 is 0. The lowest BCUT2D eigenvalue weighted by Crippen LogP contribution is -2.69. The smallest absolute Gasteiger partial charge is 0.303 e. The SMILES string of the molecule is CC(=O)O[C@H]1[C@H](OC(C)=O)C[C@@H]2[C@](C)(CC[C@H]3[C@@]2(C)CC[C@@]2(C)[C@@H]4CC(C)(C)CC[C@]4(C)CC[C@]32C)[C@H]1C. The number of ether oxygens (including phenoxy) is 2. The quantitative estimate of drug-likeness (QED) is 0.338. The van der Waals surface area contributed by atoms with Crippen LogP contribution in [0.4, 0.5) is 0 Å². The number of carbonyl (C=O) groups excluding carboxylic acids is 2. The third-order valence-electron chi connectivity index (χ3n) is 14.6. The van der Waals surface area contributed by atoms with Crippen molar-refractivity contribution >= 4 is 11.9 Å². The summed E-state index contributed by atoms with van der Waals surface area (Å²) in [6, 6.07) is 0. The molecule has 0 radical (unpaired) electrons. The molecule has 216 valence electrons. The molecule has 0 saturated heterocycles. The van der Waals surface area contributed by atoms with Gasteiger partial charge >= 0.3 is 11.9 Å². The van der Waals surface area contributed by atoms with Crippen molar-refractivity contribution in [3.05, 3.63) is 0 Å². The second-order valence-corrected chi connectivity index (χ2v) is 16.8. The van der Waals surface area contributed by atoms with E-state index in [4.69, 9.17) is 9.47 Å². The first-order valence-corrected chi connectivity index (χ1v) is 15.8. The summed E-state index contributed by atoms with van der Waals surface area (Å²) in [5, 5.41) is 0. The number of carbonyl (C=O) groups is 2. The summed E-state index contributed by atoms with van der Waals surface area (Å²) < 4.78 is 11.8. The Morgan fingerprint density at radius 3 is 1.87 bits per heavy atom. The fraction of sp³-hybridized carbons (Fsp3) is 0.941. The van der Waals surface area contributed by atoms with Crippen molar-refractivity contribution < 1.29 is 19.1 Å². The van der Waals surface area contributed by atoms with E-state index in [9.17, 15) is 9.59 Å². The molecule has 11 atom stereocenters. The van der Waals surface area contributed by atoms with Crippen LogP contribution in [0.5, 0.6) is 0 Å². The van der Waals surface area contributed by atoms with Crippen molar-refractivity contribution in [2.24, 2.45) is 56.2 Å². The third kappa shape index (κ3) is 3.87. The fourth-order valence-electron chi connectivity index (χ4n) is 12.0. The van der Waals surface area contributed by atoms with E-state index in [-0.39, 0.29) is 40.9 Å². The van der Waals surface area contributed by atoms with Gasteiger partial charge < -0.3 is 9.47 Å². The minimum Gasteiger partial charge on any atom is -0.459 e. The average molecular weight is 529 g/mol. The summed E-state index contributed by atoms with van der Waals surface area (Å²) in [6.07, 6.45) is 11.9. The average Bonchev–Trinajstić information content (AvgIpc) is 2.80. The predicted molar refractivity (Wildman–Crippen MR) is 151 cm³/mol. The van der Waals surface area contributed by atoms with Gasteiger partial charge in [0.1, 0.15) is 12.2 Å². The highest BCUT2D eigenvalue weighted by atomic mass is 16.6. The lowest BCUT2D eigenvalue weighted by atomic mass is 9.30. The van der Waals surface area contributed by atoms with Gasteiger partial charge in [0.2, 0.25) is 0 Å². The molecule has 5 aliphatic rings. The normalized spacial score (nSPS) is 53.4. The van der Waals surface area contributed by atoms with Gasteiger partial charge in [-0.1, -0.05) is 55.4 Å². The Morgan fingerprint density at radius 2 is 1.24 bits per heavy atom. The largest absolute Gasteiger partial charge is 0.459 e.